The van der Waals surface area contributed by atoms with Crippen LogP contribution in [0.5, 0.6) is 0 Å². The van der Waals surface area contributed by atoms with Crippen LogP contribution in [-0.2, 0) is 0 Å². The Balaban J connectivity index is 2.65. The second-order valence-electron chi connectivity index (χ2n) is 2.80. The van der Waals surface area contributed by atoms with Crippen molar-refractivity contribution >= 4 is 16.6 Å². The van der Waals surface area contributed by atoms with Gasteiger partial charge in [0.25, 0.3) is 0 Å². The first-order valence-electron chi connectivity index (χ1n) is 3.96. The molecule has 0 radical (unpaired) electrons. The van der Waals surface area contributed by atoms with Crippen molar-refractivity contribution in [1.82, 2.24) is 19.4 Å². The van der Waals surface area contributed by atoms with Gasteiger partial charge in [0.1, 0.15) is 12.0 Å². The van der Waals surface area contributed by atoms with Crippen molar-refractivity contribution in [1.29, 1.82) is 0 Å². The van der Waals surface area contributed by atoms with Crippen LogP contribution in [0, 0.1) is 0 Å². The fourth-order valence-electron chi connectivity index (χ4n) is 1.44. The molecule has 4 heteroatoms. The van der Waals surface area contributed by atoms with Gasteiger partial charge in [-0.05, 0) is 6.07 Å². The normalized spacial score (nSPS) is 11.1. The molecule has 0 aromatic carbocycles. The van der Waals surface area contributed by atoms with E-state index >= 15 is 0 Å². The number of hydrogen-bond acceptors (Lipinski definition) is 3. The monoisotopic (exact) mass is 170 g/mol. The van der Waals surface area contributed by atoms with Crippen molar-refractivity contribution in [3.05, 3.63) is 37.2 Å². The van der Waals surface area contributed by atoms with Gasteiger partial charge in [-0.15, -0.1) is 0 Å². The molecule has 0 bridgehead atoms. The molecule has 0 saturated carbocycles. The quantitative estimate of drug-likeness (QED) is 0.510. The molecule has 0 spiro atoms. The molecule has 4 nitrogen and oxygen atoms in total. The Morgan fingerprint density at radius 1 is 1.15 bits per heavy atom. The molecular weight excluding hydrogens is 164 g/mol. The summed E-state index contributed by atoms with van der Waals surface area (Å²) >= 11 is 0. The maximum Gasteiger partial charge on any atom is 0.147 e. The van der Waals surface area contributed by atoms with E-state index in [4.69, 9.17) is 0 Å². The molecule has 13 heavy (non-hydrogen) atoms. The highest BCUT2D eigenvalue weighted by Gasteiger charge is 2.00. The summed E-state index contributed by atoms with van der Waals surface area (Å²) < 4.78 is 1.95. The van der Waals surface area contributed by atoms with Crippen molar-refractivity contribution in [3.63, 3.8) is 0 Å². The van der Waals surface area contributed by atoms with E-state index in [2.05, 4.69) is 15.0 Å². The van der Waals surface area contributed by atoms with Crippen LogP contribution in [0.2, 0.25) is 0 Å². The van der Waals surface area contributed by atoms with E-state index in [1.807, 2.05) is 22.9 Å². The summed E-state index contributed by atoms with van der Waals surface area (Å²) in [6.07, 6.45) is 8.94. The van der Waals surface area contributed by atoms with Gasteiger partial charge in [0.2, 0.25) is 0 Å². The van der Waals surface area contributed by atoms with Crippen LogP contribution in [0.25, 0.3) is 16.6 Å². The Morgan fingerprint density at radius 3 is 3.15 bits per heavy atom. The Hall–Kier alpha value is -1.97. The summed E-state index contributed by atoms with van der Waals surface area (Å²) in [5.74, 6) is 0. The molecule has 0 aliphatic heterocycles. The fourth-order valence-corrected chi connectivity index (χ4v) is 1.44. The zero-order valence-electron chi connectivity index (χ0n) is 6.75. The smallest absolute Gasteiger partial charge is 0.147 e. The molecule has 3 rings (SSSR count). The number of pyridine rings is 1. The number of fused-ring (bicyclic) bond motifs is 3. The minimum atomic E-state index is 0.901. The zero-order chi connectivity index (χ0) is 8.67. The molecule has 3 aromatic rings. The molecule has 0 unspecified atom stereocenters. The largest absolute Gasteiger partial charge is 0.306 e. The molecule has 62 valence electrons. The Morgan fingerprint density at radius 2 is 2.15 bits per heavy atom. The van der Waals surface area contributed by atoms with Gasteiger partial charge in [-0.2, -0.15) is 0 Å². The lowest BCUT2D eigenvalue weighted by Crippen LogP contribution is -1.87. The van der Waals surface area contributed by atoms with Crippen molar-refractivity contribution in [2.75, 3.05) is 0 Å². The van der Waals surface area contributed by atoms with Gasteiger partial charge >= 0.3 is 0 Å². The van der Waals surface area contributed by atoms with Crippen molar-refractivity contribution in [2.45, 2.75) is 0 Å². The third kappa shape index (κ3) is 0.823. The van der Waals surface area contributed by atoms with Gasteiger partial charge < -0.3 is 4.40 Å². The van der Waals surface area contributed by atoms with Crippen LogP contribution >= 0.6 is 0 Å². The van der Waals surface area contributed by atoms with Crippen molar-refractivity contribution in [3.8, 4) is 0 Å². The molecule has 3 aromatic heterocycles. The van der Waals surface area contributed by atoms with Gasteiger partial charge in [0.05, 0.1) is 10.9 Å². The van der Waals surface area contributed by atoms with Crippen LogP contribution in [0.15, 0.2) is 37.2 Å². The Kier molecular flexibility index (Phi) is 1.14. The van der Waals surface area contributed by atoms with Crippen molar-refractivity contribution < 1.29 is 0 Å². The Bertz CT molecular complexity index is 570. The highest BCUT2D eigenvalue weighted by atomic mass is 15.0. The SMILES string of the molecule is c1ncc2c(ccn3ccnc23)n1. The van der Waals surface area contributed by atoms with Crippen LogP contribution in [0.4, 0.5) is 0 Å². The summed E-state index contributed by atoms with van der Waals surface area (Å²) in [4.78, 5) is 12.4. The number of rotatable bonds is 0. The van der Waals surface area contributed by atoms with Gasteiger partial charge in [-0.3, -0.25) is 0 Å². The predicted octanol–water partition coefficient (Wildman–Crippen LogP) is 1.28. The first kappa shape index (κ1) is 6.54. The first-order chi connectivity index (χ1) is 6.45. The lowest BCUT2D eigenvalue weighted by atomic mass is 10.3. The third-order valence-electron chi connectivity index (χ3n) is 2.05. The molecule has 0 fully saturated rings. The molecule has 0 saturated heterocycles. The van der Waals surface area contributed by atoms with Crippen LogP contribution in [0.1, 0.15) is 0 Å². The average Bonchev–Trinajstić information content (AvgIpc) is 2.65. The van der Waals surface area contributed by atoms with E-state index < -0.39 is 0 Å². The van der Waals surface area contributed by atoms with E-state index in [1.54, 1.807) is 18.7 Å². The molecule has 0 aliphatic carbocycles. The molecule has 0 atom stereocenters. The average molecular weight is 170 g/mol. The van der Waals surface area contributed by atoms with Gasteiger partial charge in [0, 0.05) is 24.8 Å². The molecule has 3 heterocycles. The maximum atomic E-state index is 4.23. The lowest BCUT2D eigenvalue weighted by molar-refractivity contribution is 1.17. The minimum Gasteiger partial charge on any atom is -0.306 e. The summed E-state index contributed by atoms with van der Waals surface area (Å²) in [7, 11) is 0. The van der Waals surface area contributed by atoms with E-state index in [1.165, 1.54) is 0 Å². The van der Waals surface area contributed by atoms with E-state index in [0.717, 1.165) is 16.6 Å². The predicted molar refractivity (Wildman–Crippen MR) is 48.3 cm³/mol. The number of aromatic nitrogens is 4. The highest BCUT2D eigenvalue weighted by Crippen LogP contribution is 2.14. The summed E-state index contributed by atoms with van der Waals surface area (Å²) in [6.45, 7) is 0. The van der Waals surface area contributed by atoms with E-state index in [-0.39, 0.29) is 0 Å². The number of nitrogens with zero attached hydrogens (tertiary/aromatic N) is 4. The topological polar surface area (TPSA) is 43.1 Å². The van der Waals surface area contributed by atoms with Gasteiger partial charge in [0.15, 0.2) is 0 Å². The molecule has 0 aliphatic rings. The van der Waals surface area contributed by atoms with Gasteiger partial charge in [-0.1, -0.05) is 0 Å². The minimum absolute atomic E-state index is 0.901. The molecular formula is C9H6N4. The number of imidazole rings is 1. The van der Waals surface area contributed by atoms with Crippen molar-refractivity contribution in [2.24, 2.45) is 0 Å². The lowest BCUT2D eigenvalue weighted by Gasteiger charge is -1.97. The highest BCUT2D eigenvalue weighted by molar-refractivity contribution is 5.90. The summed E-state index contributed by atoms with van der Waals surface area (Å²) in [6, 6.07) is 1.95. The second kappa shape index (κ2) is 2.26. The summed E-state index contributed by atoms with van der Waals surface area (Å²) in [5.41, 5.74) is 1.83. The molecule has 0 amide bonds. The van der Waals surface area contributed by atoms with Crippen LogP contribution < -0.4 is 0 Å². The van der Waals surface area contributed by atoms with Gasteiger partial charge in [-0.25, -0.2) is 15.0 Å². The second-order valence-corrected chi connectivity index (χ2v) is 2.80. The maximum absolute atomic E-state index is 4.23. The Labute approximate surface area is 73.9 Å². The standard InChI is InChI=1S/C9H6N4/c1-3-13-4-2-11-9(13)7-5-10-6-12-8(1)7/h1-6H. The third-order valence-corrected chi connectivity index (χ3v) is 2.05. The fraction of sp³-hybridized carbons (Fsp3) is 0. The van der Waals surface area contributed by atoms with E-state index in [0.29, 0.717) is 0 Å². The zero-order valence-corrected chi connectivity index (χ0v) is 6.75. The van der Waals surface area contributed by atoms with E-state index in [9.17, 15) is 0 Å². The summed E-state index contributed by atoms with van der Waals surface area (Å²) in [5, 5.41) is 0.981. The number of hydrogen-bond donors (Lipinski definition) is 0. The van der Waals surface area contributed by atoms with Crippen LogP contribution in [-0.4, -0.2) is 19.4 Å². The van der Waals surface area contributed by atoms with Crippen LogP contribution in [0.3, 0.4) is 0 Å². The molecule has 0 N–H and O–H groups in total. The first-order valence-corrected chi connectivity index (χ1v) is 3.96.